The lowest BCUT2D eigenvalue weighted by Crippen LogP contribution is -2.74. The van der Waals surface area contributed by atoms with Crippen molar-refractivity contribution >= 4 is 57.0 Å². The zero-order chi connectivity index (χ0) is 30.8. The van der Waals surface area contributed by atoms with E-state index in [1.165, 1.54) is 52.4 Å². The largest absolute Gasteiger partial charge is 0.481 e. The summed E-state index contributed by atoms with van der Waals surface area (Å²) in [6.07, 6.45) is 0. The summed E-state index contributed by atoms with van der Waals surface area (Å²) in [5, 5.41) is 9.87. The van der Waals surface area contributed by atoms with E-state index < -0.39 is 27.4 Å². The number of nitrogens with two attached hydrogens (primary N) is 2. The van der Waals surface area contributed by atoms with E-state index in [4.69, 9.17) is 11.5 Å². The van der Waals surface area contributed by atoms with Crippen LogP contribution in [0.3, 0.4) is 0 Å². The summed E-state index contributed by atoms with van der Waals surface area (Å²) in [6.45, 7) is 6.07. The number of aliphatic carboxylic acids is 1. The zero-order valence-corrected chi connectivity index (χ0v) is 26.2. The Labute approximate surface area is 254 Å². The van der Waals surface area contributed by atoms with Crippen LogP contribution in [0.2, 0.25) is 0 Å². The summed E-state index contributed by atoms with van der Waals surface area (Å²) >= 11 is 2.65. The van der Waals surface area contributed by atoms with Crippen molar-refractivity contribution in [3.8, 4) is 0 Å². The molecule has 2 aliphatic rings. The number of carbonyl (C=O) groups excluding carboxylic acids is 2. The second-order valence-electron chi connectivity index (χ2n) is 11.0. The average molecular weight is 636 g/mol. The minimum absolute atomic E-state index is 0.0105. The number of carbonyl (C=O) groups is 3. The van der Waals surface area contributed by atoms with Crippen LogP contribution in [-0.2, 0) is 37.5 Å². The Kier molecular flexibility index (Phi) is 9.95. The second-order valence-corrected chi connectivity index (χ2v) is 14.9. The summed E-state index contributed by atoms with van der Waals surface area (Å²) in [6, 6.07) is 11.0. The van der Waals surface area contributed by atoms with Gasteiger partial charge in [-0.3, -0.25) is 19.3 Å². The highest BCUT2D eigenvalue weighted by atomic mass is 32.2. The predicted molar refractivity (Wildman–Crippen MR) is 164 cm³/mol. The maximum Gasteiger partial charge on any atom is 0.313 e. The van der Waals surface area contributed by atoms with Crippen molar-refractivity contribution in [3.63, 3.8) is 0 Å². The normalized spacial score (nSPS) is 22.0. The van der Waals surface area contributed by atoms with Crippen molar-refractivity contribution in [2.45, 2.75) is 55.1 Å². The molecule has 11 nitrogen and oxygen atoms in total. The van der Waals surface area contributed by atoms with Crippen LogP contribution in [0.15, 0.2) is 52.3 Å². The highest BCUT2D eigenvalue weighted by Gasteiger charge is 2.59. The van der Waals surface area contributed by atoms with Gasteiger partial charge in [0.25, 0.3) is 0 Å². The van der Waals surface area contributed by atoms with Gasteiger partial charge in [-0.15, -0.1) is 23.5 Å². The molecular weight excluding hydrogens is 599 g/mol. The molecular formula is C28H37N5O6S3. The number of β-lactam (4-membered cyclic amide) rings is 1. The van der Waals surface area contributed by atoms with Crippen LogP contribution in [0, 0.1) is 11.3 Å². The highest BCUT2D eigenvalue weighted by molar-refractivity contribution is 8.00. The topological polar surface area (TPSA) is 176 Å². The molecule has 0 aromatic heterocycles. The average Bonchev–Trinajstić information content (AvgIpc) is 2.97. The van der Waals surface area contributed by atoms with Gasteiger partial charge in [-0.25, -0.2) is 13.1 Å². The fraction of sp³-hybridized carbons (Fsp3) is 0.464. The third-order valence-corrected chi connectivity index (χ3v) is 11.6. The molecule has 0 saturated carbocycles. The Morgan fingerprint density at radius 3 is 2.31 bits per heavy atom. The zero-order valence-electron chi connectivity index (χ0n) is 23.8. The number of rotatable bonds is 12. The van der Waals surface area contributed by atoms with Gasteiger partial charge in [0, 0.05) is 55.2 Å². The summed E-state index contributed by atoms with van der Waals surface area (Å²) in [7, 11) is -3.63. The molecule has 2 amide bonds. The SMILES string of the molecule is CC(=O)N(c1cc(CN)cc(CN)c1)C1C(=O)N2CC(CSc3ccc(S(=O)(=O)NCC(C)C)cc3)(C(=O)O)CS[C@H]12. The second kappa shape index (κ2) is 12.9. The fourth-order valence-electron chi connectivity index (χ4n) is 4.94. The molecule has 6 N–H and O–H groups in total. The maximum absolute atomic E-state index is 13.4. The van der Waals surface area contributed by atoms with E-state index in [1.807, 2.05) is 19.9 Å². The number of amides is 2. The van der Waals surface area contributed by atoms with Crippen molar-refractivity contribution < 1.29 is 27.9 Å². The molecule has 228 valence electrons. The van der Waals surface area contributed by atoms with Crippen LogP contribution in [-0.4, -0.2) is 72.2 Å². The number of sulfonamides is 1. The van der Waals surface area contributed by atoms with Gasteiger partial charge in [0.15, 0.2) is 0 Å². The van der Waals surface area contributed by atoms with E-state index >= 15 is 0 Å². The molecule has 14 heteroatoms. The predicted octanol–water partition coefficient (Wildman–Crippen LogP) is 2.04. The van der Waals surface area contributed by atoms with E-state index in [1.54, 1.807) is 24.3 Å². The standard InChI is InChI=1S/C28H37N5O6S3/c1-17(2)13-31-42(38,39)23-6-4-22(5-7-23)40-15-28(27(36)37)14-32-25(35)24(26(32)41-16-28)33(18(3)34)21-9-19(11-29)8-20(10-21)12-30/h4-10,17,24,26,31H,11-16,29-30H2,1-3H3,(H,36,37)/t24?,26-,28?/m1/s1. The molecule has 0 radical (unpaired) electrons. The van der Waals surface area contributed by atoms with Crippen molar-refractivity contribution in [2.24, 2.45) is 22.8 Å². The minimum Gasteiger partial charge on any atom is -0.481 e. The van der Waals surface area contributed by atoms with E-state index in [9.17, 15) is 27.9 Å². The van der Waals surface area contributed by atoms with Crippen LogP contribution in [0.1, 0.15) is 31.9 Å². The molecule has 0 aliphatic carbocycles. The Morgan fingerprint density at radius 1 is 1.17 bits per heavy atom. The van der Waals surface area contributed by atoms with Crippen LogP contribution >= 0.6 is 23.5 Å². The number of hydrogen-bond acceptors (Lipinski definition) is 9. The number of hydrogen-bond donors (Lipinski definition) is 4. The van der Waals surface area contributed by atoms with Crippen LogP contribution in [0.5, 0.6) is 0 Å². The van der Waals surface area contributed by atoms with Crippen molar-refractivity contribution in [1.29, 1.82) is 0 Å². The van der Waals surface area contributed by atoms with Crippen molar-refractivity contribution in [3.05, 3.63) is 53.6 Å². The van der Waals surface area contributed by atoms with Crippen molar-refractivity contribution in [2.75, 3.05) is 29.5 Å². The minimum atomic E-state index is -3.63. The number of nitrogens with zero attached hydrogens (tertiary/aromatic N) is 2. The maximum atomic E-state index is 13.4. The third-order valence-electron chi connectivity index (χ3n) is 7.31. The molecule has 3 atom stereocenters. The van der Waals surface area contributed by atoms with Gasteiger partial charge >= 0.3 is 5.97 Å². The number of fused-ring (bicyclic) bond motifs is 1. The first kappa shape index (κ1) is 32.3. The Bertz CT molecular complexity index is 1430. The first-order valence-corrected chi connectivity index (χ1v) is 17.0. The molecule has 42 heavy (non-hydrogen) atoms. The fourth-order valence-corrected chi connectivity index (χ4v) is 8.96. The van der Waals surface area contributed by atoms with E-state index in [0.717, 1.165) is 16.0 Å². The van der Waals surface area contributed by atoms with Gasteiger partial charge in [-0.05, 0) is 53.4 Å². The Balaban J connectivity index is 1.47. The molecule has 2 heterocycles. The van der Waals surface area contributed by atoms with Gasteiger partial charge < -0.3 is 21.5 Å². The molecule has 2 unspecified atom stereocenters. The molecule has 2 saturated heterocycles. The van der Waals surface area contributed by atoms with Crippen LogP contribution in [0.25, 0.3) is 0 Å². The summed E-state index contributed by atoms with van der Waals surface area (Å²) in [4.78, 5) is 42.6. The molecule has 2 aliphatic heterocycles. The number of carboxylic acids is 1. The van der Waals surface area contributed by atoms with Crippen molar-refractivity contribution in [1.82, 2.24) is 9.62 Å². The van der Waals surface area contributed by atoms with Gasteiger partial charge in [-0.2, -0.15) is 0 Å². The Morgan fingerprint density at radius 2 is 1.79 bits per heavy atom. The molecule has 4 rings (SSSR count). The quantitative estimate of drug-likeness (QED) is 0.199. The van der Waals surface area contributed by atoms with Crippen LogP contribution in [0.4, 0.5) is 5.69 Å². The lowest BCUT2D eigenvalue weighted by atomic mass is 9.89. The Hall–Kier alpha value is -2.62. The number of thioether (sulfide) groups is 2. The highest BCUT2D eigenvalue weighted by Crippen LogP contribution is 2.46. The number of anilines is 1. The molecule has 0 bridgehead atoms. The smallest absolute Gasteiger partial charge is 0.313 e. The first-order chi connectivity index (χ1) is 19.8. The number of nitrogens with one attached hydrogen (secondary N) is 1. The van der Waals surface area contributed by atoms with E-state index in [2.05, 4.69) is 4.72 Å². The molecule has 0 spiro atoms. The van der Waals surface area contributed by atoms with Gasteiger partial charge in [0.05, 0.1) is 4.90 Å². The molecule has 2 aromatic carbocycles. The molecule has 2 fully saturated rings. The van der Waals surface area contributed by atoms with Gasteiger partial charge in [0.1, 0.15) is 16.8 Å². The number of benzene rings is 2. The first-order valence-electron chi connectivity index (χ1n) is 13.5. The number of carboxylic acid groups (broad SMARTS) is 1. The van der Waals surface area contributed by atoms with E-state index in [-0.39, 0.29) is 59.1 Å². The van der Waals surface area contributed by atoms with Gasteiger partial charge in [-0.1, -0.05) is 19.9 Å². The van der Waals surface area contributed by atoms with E-state index in [0.29, 0.717) is 12.2 Å². The van der Waals surface area contributed by atoms with Gasteiger partial charge in [0.2, 0.25) is 21.8 Å². The lowest BCUT2D eigenvalue weighted by molar-refractivity contribution is -0.156. The monoisotopic (exact) mass is 635 g/mol. The summed E-state index contributed by atoms with van der Waals surface area (Å²) in [5.41, 5.74) is 12.6. The summed E-state index contributed by atoms with van der Waals surface area (Å²) in [5.74, 6) is -1.03. The third kappa shape index (κ3) is 6.63. The molecule has 2 aromatic rings. The lowest BCUT2D eigenvalue weighted by Gasteiger charge is -2.56. The van der Waals surface area contributed by atoms with Crippen LogP contribution < -0.4 is 21.1 Å². The summed E-state index contributed by atoms with van der Waals surface area (Å²) < 4.78 is 27.6.